The highest BCUT2D eigenvalue weighted by molar-refractivity contribution is 7.89. The fourth-order valence-corrected chi connectivity index (χ4v) is 7.74. The minimum atomic E-state index is -4.26. The summed E-state index contributed by atoms with van der Waals surface area (Å²) in [6, 6.07) is 13.5. The Morgan fingerprint density at radius 1 is 0.942 bits per heavy atom. The quantitative estimate of drug-likeness (QED) is 0.241. The second kappa shape index (κ2) is 16.5. The van der Waals surface area contributed by atoms with Gasteiger partial charge in [0.25, 0.3) is 0 Å². The number of nitrogen functional groups attached to an aromatic ring is 1. The Hall–Kier alpha value is -4.45. The molecule has 8 bridgehead atoms. The molecule has 7 rings (SSSR count). The number of aliphatic carboxylic acids is 1. The zero-order valence-electron chi connectivity index (χ0n) is 29.2. The molecule has 5 heterocycles. The van der Waals surface area contributed by atoms with Crippen LogP contribution in [0.25, 0.3) is 34.0 Å². The van der Waals surface area contributed by atoms with Crippen LogP contribution in [-0.2, 0) is 35.6 Å². The summed E-state index contributed by atoms with van der Waals surface area (Å²) in [5.41, 5.74) is 7.98. The summed E-state index contributed by atoms with van der Waals surface area (Å²) in [7, 11) is -4.26. The maximum Gasteiger partial charge on any atom is 0.324 e. The number of anilines is 1. The van der Waals surface area contributed by atoms with Crippen molar-refractivity contribution in [3.05, 3.63) is 60.3 Å². The first-order chi connectivity index (χ1) is 25.0. The van der Waals surface area contributed by atoms with Crippen LogP contribution in [0.5, 0.6) is 5.75 Å². The number of hydrogen-bond acceptors (Lipinski definition) is 13. The molecule has 0 aliphatic carbocycles. The van der Waals surface area contributed by atoms with E-state index in [0.29, 0.717) is 40.9 Å². The molecule has 15 nitrogen and oxygen atoms in total. The van der Waals surface area contributed by atoms with Crippen molar-refractivity contribution in [1.29, 1.82) is 0 Å². The molecule has 2 aromatic carbocycles. The van der Waals surface area contributed by atoms with Gasteiger partial charge in [-0.3, -0.25) is 4.79 Å². The SMILES string of the molecule is CC(C)(C(=O)O)N1CCOCCOCCOc2cc(ccc2CNCC2CCOCC2)-c2cc(on2)-c2nc(cnc2N)-c2ccc(cc2)S1(=O)=O. The first kappa shape index (κ1) is 37.3. The Balaban J connectivity index is 1.30. The van der Waals surface area contributed by atoms with Crippen LogP contribution >= 0.6 is 0 Å². The van der Waals surface area contributed by atoms with Crippen molar-refractivity contribution in [3.8, 4) is 39.7 Å². The maximum absolute atomic E-state index is 13.8. The van der Waals surface area contributed by atoms with Gasteiger partial charge in [-0.15, -0.1) is 0 Å². The summed E-state index contributed by atoms with van der Waals surface area (Å²) >= 11 is 0. The third-order valence-electron chi connectivity index (χ3n) is 9.18. The van der Waals surface area contributed by atoms with Crippen molar-refractivity contribution < 1.29 is 41.8 Å². The molecule has 0 spiro atoms. The van der Waals surface area contributed by atoms with E-state index >= 15 is 0 Å². The molecular weight excluding hydrogens is 692 g/mol. The van der Waals surface area contributed by atoms with Crippen LogP contribution in [0.3, 0.4) is 0 Å². The molecule has 2 aromatic heterocycles. The van der Waals surface area contributed by atoms with Crippen LogP contribution in [0.4, 0.5) is 5.82 Å². The minimum absolute atomic E-state index is 0.0451. The van der Waals surface area contributed by atoms with Gasteiger partial charge < -0.3 is 39.6 Å². The van der Waals surface area contributed by atoms with Crippen LogP contribution in [0.2, 0.25) is 0 Å². The average Bonchev–Trinajstić information content (AvgIpc) is 3.63. The number of nitrogens with two attached hydrogens (primary N) is 1. The number of sulfonamides is 1. The molecule has 3 aliphatic rings. The zero-order valence-corrected chi connectivity index (χ0v) is 30.1. The number of fused-ring (bicyclic) bond motifs is 12. The van der Waals surface area contributed by atoms with E-state index in [1.54, 1.807) is 18.2 Å². The third-order valence-corrected chi connectivity index (χ3v) is 11.3. The van der Waals surface area contributed by atoms with Crippen molar-refractivity contribution >= 4 is 21.8 Å². The summed E-state index contributed by atoms with van der Waals surface area (Å²) in [5.74, 6) is 0.350. The number of carboxylic acids is 1. The van der Waals surface area contributed by atoms with Crippen molar-refractivity contribution in [2.75, 3.05) is 65.1 Å². The highest BCUT2D eigenvalue weighted by Gasteiger charge is 2.42. The van der Waals surface area contributed by atoms with E-state index in [1.807, 2.05) is 18.2 Å². The zero-order chi connectivity index (χ0) is 36.7. The Morgan fingerprint density at radius 3 is 2.38 bits per heavy atom. The van der Waals surface area contributed by atoms with Crippen LogP contribution in [0.15, 0.2) is 64.1 Å². The summed E-state index contributed by atoms with van der Waals surface area (Å²) in [6.45, 7) is 6.43. The lowest BCUT2D eigenvalue weighted by atomic mass is 10.0. The van der Waals surface area contributed by atoms with Crippen molar-refractivity contribution in [2.45, 2.75) is 43.7 Å². The smallest absolute Gasteiger partial charge is 0.324 e. The van der Waals surface area contributed by atoms with Gasteiger partial charge in [0.15, 0.2) is 17.3 Å². The number of ether oxygens (including phenoxy) is 4. The molecule has 1 fully saturated rings. The second-order valence-corrected chi connectivity index (χ2v) is 15.0. The molecule has 1 saturated heterocycles. The largest absolute Gasteiger partial charge is 0.491 e. The van der Waals surface area contributed by atoms with Crippen molar-refractivity contribution in [1.82, 2.24) is 24.7 Å². The minimum Gasteiger partial charge on any atom is -0.491 e. The summed E-state index contributed by atoms with van der Waals surface area (Å²) < 4.78 is 57.4. The summed E-state index contributed by atoms with van der Waals surface area (Å²) in [5, 5.41) is 17.8. The molecule has 52 heavy (non-hydrogen) atoms. The number of rotatable bonds is 6. The van der Waals surface area contributed by atoms with Gasteiger partial charge in [-0.05, 0) is 57.4 Å². The highest BCUT2D eigenvalue weighted by Crippen LogP contribution is 2.33. The predicted molar refractivity (Wildman–Crippen MR) is 191 cm³/mol. The lowest BCUT2D eigenvalue weighted by Crippen LogP contribution is -2.54. The number of nitrogens with zero attached hydrogens (tertiary/aromatic N) is 4. The van der Waals surface area contributed by atoms with Gasteiger partial charge in [-0.25, -0.2) is 18.4 Å². The van der Waals surface area contributed by atoms with Gasteiger partial charge in [-0.1, -0.05) is 29.4 Å². The molecule has 3 aliphatic heterocycles. The van der Waals surface area contributed by atoms with Crippen molar-refractivity contribution in [3.63, 3.8) is 0 Å². The van der Waals surface area contributed by atoms with E-state index in [0.717, 1.165) is 48.0 Å². The van der Waals surface area contributed by atoms with E-state index in [2.05, 4.69) is 20.4 Å². The Bertz CT molecular complexity index is 1950. The van der Waals surface area contributed by atoms with E-state index in [1.165, 1.54) is 32.2 Å². The topological polar surface area (TPSA) is 201 Å². The average molecular weight is 737 g/mol. The van der Waals surface area contributed by atoms with E-state index in [4.69, 9.17) is 29.2 Å². The fourth-order valence-electron chi connectivity index (χ4n) is 6.01. The lowest BCUT2D eigenvalue weighted by molar-refractivity contribution is -0.146. The summed E-state index contributed by atoms with van der Waals surface area (Å²) in [4.78, 5) is 21.1. The number of benzene rings is 2. The molecule has 0 saturated carbocycles. The molecule has 0 unspecified atom stereocenters. The first-order valence-corrected chi connectivity index (χ1v) is 18.6. The number of carbonyl (C=O) groups is 1. The number of hydrogen-bond donors (Lipinski definition) is 3. The van der Waals surface area contributed by atoms with Crippen LogP contribution in [0, 0.1) is 5.92 Å². The van der Waals surface area contributed by atoms with Gasteiger partial charge in [-0.2, -0.15) is 4.31 Å². The third kappa shape index (κ3) is 8.60. The molecule has 4 aromatic rings. The lowest BCUT2D eigenvalue weighted by Gasteiger charge is -2.34. The van der Waals surface area contributed by atoms with E-state index in [-0.39, 0.29) is 56.0 Å². The first-order valence-electron chi connectivity index (χ1n) is 17.2. The van der Waals surface area contributed by atoms with Crippen LogP contribution in [-0.4, -0.2) is 104 Å². The molecule has 16 heteroatoms. The van der Waals surface area contributed by atoms with Crippen LogP contribution < -0.4 is 15.8 Å². The highest BCUT2D eigenvalue weighted by atomic mass is 32.2. The molecule has 278 valence electrons. The van der Waals surface area contributed by atoms with Gasteiger partial charge in [0.2, 0.25) is 10.0 Å². The van der Waals surface area contributed by atoms with E-state index < -0.39 is 21.5 Å². The van der Waals surface area contributed by atoms with Gasteiger partial charge in [0.1, 0.15) is 23.6 Å². The monoisotopic (exact) mass is 736 g/mol. The molecule has 0 atom stereocenters. The normalized spacial score (nSPS) is 18.0. The molecular formula is C36H44N6O9S. The van der Waals surface area contributed by atoms with Crippen LogP contribution in [0.1, 0.15) is 32.3 Å². The Morgan fingerprint density at radius 2 is 1.63 bits per heavy atom. The Labute approximate surface area is 302 Å². The van der Waals surface area contributed by atoms with Crippen molar-refractivity contribution in [2.24, 2.45) is 5.92 Å². The number of aromatic nitrogens is 3. The second-order valence-electron chi connectivity index (χ2n) is 13.1. The molecule has 4 N–H and O–H groups in total. The van der Waals surface area contributed by atoms with Gasteiger partial charge in [0.05, 0.1) is 43.2 Å². The standard InChI is InChI=1S/C36H44N6O9S/c1-36(2,35(43)44)42-11-14-48-15-16-49-17-18-50-31-19-26(3-4-27(31)22-38-21-24-9-12-47-13-10-24)29-20-32(51-41-29)33-34(37)39-23-30(40-33)25-5-7-28(8-6-25)52(42,45)46/h3-8,19-20,23-24,38H,9-18,21-22H2,1-2H3,(H2,37,39)(H,43,44). The fraction of sp³-hybridized carbons (Fsp3) is 0.444. The maximum atomic E-state index is 13.8. The molecule has 0 amide bonds. The number of nitrogens with one attached hydrogen (secondary N) is 1. The van der Waals surface area contributed by atoms with E-state index in [9.17, 15) is 18.3 Å². The predicted octanol–water partition coefficient (Wildman–Crippen LogP) is 3.84. The number of carboxylic acid groups (broad SMARTS) is 1. The molecule has 0 radical (unpaired) electrons. The Kier molecular flexibility index (Phi) is 11.8. The van der Waals surface area contributed by atoms with Gasteiger partial charge >= 0.3 is 5.97 Å². The summed E-state index contributed by atoms with van der Waals surface area (Å²) in [6.07, 6.45) is 3.54. The van der Waals surface area contributed by atoms with Gasteiger partial charge in [0, 0.05) is 49.1 Å².